The second-order valence-electron chi connectivity index (χ2n) is 7.28. The van der Waals surface area contributed by atoms with Crippen LogP contribution < -0.4 is 0 Å². The molecular weight excluding hydrogens is 340 g/mol. The van der Waals surface area contributed by atoms with Crippen LogP contribution in [-0.4, -0.2) is 36.9 Å². The summed E-state index contributed by atoms with van der Waals surface area (Å²) in [7, 11) is 1.70. The molecule has 1 aliphatic rings. The second-order valence-corrected chi connectivity index (χ2v) is 7.28. The summed E-state index contributed by atoms with van der Waals surface area (Å²) in [5.41, 5.74) is 3.86. The molecule has 4 rings (SSSR count). The van der Waals surface area contributed by atoms with Crippen molar-refractivity contribution in [3.63, 3.8) is 0 Å². The summed E-state index contributed by atoms with van der Waals surface area (Å²) in [5, 5.41) is 0. The highest BCUT2D eigenvalue weighted by Gasteiger charge is 2.35. The number of aromatic nitrogens is 2. The van der Waals surface area contributed by atoms with E-state index in [1.807, 2.05) is 36.4 Å². The Morgan fingerprint density at radius 3 is 2.19 bits per heavy atom. The van der Waals surface area contributed by atoms with Crippen LogP contribution in [-0.2, 0) is 14.2 Å². The Kier molecular flexibility index (Phi) is 5.07. The Morgan fingerprint density at radius 1 is 1.00 bits per heavy atom. The van der Waals surface area contributed by atoms with Crippen molar-refractivity contribution < 1.29 is 14.2 Å². The van der Waals surface area contributed by atoms with E-state index < -0.39 is 6.29 Å². The largest absolute Gasteiger partial charge is 0.384 e. The molecule has 140 valence electrons. The number of benzene rings is 2. The molecule has 3 aromatic rings. The summed E-state index contributed by atoms with van der Waals surface area (Å²) < 4.78 is 17.2. The molecule has 0 spiro atoms. The van der Waals surface area contributed by atoms with E-state index in [1.54, 1.807) is 7.11 Å². The van der Waals surface area contributed by atoms with E-state index in [4.69, 9.17) is 19.2 Å². The molecule has 1 fully saturated rings. The quantitative estimate of drug-likeness (QED) is 0.727. The van der Waals surface area contributed by atoms with E-state index in [9.17, 15) is 0 Å². The van der Waals surface area contributed by atoms with E-state index in [-0.39, 0.29) is 5.41 Å². The minimum atomic E-state index is -0.505. The number of methoxy groups -OCH3 is 1. The first-order chi connectivity index (χ1) is 13.2. The highest BCUT2D eigenvalue weighted by molar-refractivity contribution is 5.78. The highest BCUT2D eigenvalue weighted by Crippen LogP contribution is 2.35. The van der Waals surface area contributed by atoms with Crippen LogP contribution in [0.25, 0.3) is 22.5 Å². The molecule has 0 amide bonds. The average molecular weight is 364 g/mol. The van der Waals surface area contributed by atoms with Gasteiger partial charge in [-0.3, -0.25) is 0 Å². The van der Waals surface area contributed by atoms with Crippen LogP contribution in [0.4, 0.5) is 0 Å². The molecule has 1 aliphatic heterocycles. The monoisotopic (exact) mass is 364 g/mol. The Labute approximate surface area is 159 Å². The minimum absolute atomic E-state index is 0.137. The van der Waals surface area contributed by atoms with E-state index >= 15 is 0 Å². The van der Waals surface area contributed by atoms with Crippen molar-refractivity contribution in [1.29, 1.82) is 0 Å². The maximum atomic E-state index is 5.98. The topological polar surface area (TPSA) is 56.4 Å². The zero-order valence-electron chi connectivity index (χ0n) is 15.6. The molecule has 0 atom stereocenters. The number of rotatable bonds is 5. The van der Waals surface area contributed by atoms with Crippen LogP contribution in [0.5, 0.6) is 0 Å². The smallest absolute Gasteiger partial charge is 0.217 e. The molecule has 5 nitrogen and oxygen atoms in total. The maximum Gasteiger partial charge on any atom is 0.217 e. The van der Waals surface area contributed by atoms with Crippen LogP contribution in [0, 0.1) is 5.41 Å². The van der Waals surface area contributed by atoms with Gasteiger partial charge < -0.3 is 19.2 Å². The first kappa shape index (κ1) is 17.9. The van der Waals surface area contributed by atoms with Gasteiger partial charge in [-0.05, 0) is 0 Å². The fourth-order valence-electron chi connectivity index (χ4n) is 3.36. The lowest BCUT2D eigenvalue weighted by Gasteiger charge is -2.35. The Balaban J connectivity index is 1.66. The van der Waals surface area contributed by atoms with Crippen LogP contribution in [0.15, 0.2) is 60.7 Å². The normalized spacial score (nSPS) is 22.7. The van der Waals surface area contributed by atoms with E-state index in [1.165, 1.54) is 0 Å². The van der Waals surface area contributed by atoms with Crippen molar-refractivity contribution in [2.45, 2.75) is 13.2 Å². The fraction of sp³-hybridized carbons (Fsp3) is 0.318. The fourth-order valence-corrected chi connectivity index (χ4v) is 3.36. The van der Waals surface area contributed by atoms with Gasteiger partial charge in [0.25, 0.3) is 0 Å². The maximum absolute atomic E-state index is 5.98. The van der Waals surface area contributed by atoms with Crippen molar-refractivity contribution in [1.82, 2.24) is 9.97 Å². The SMILES string of the molecule is COC[C@]1(C)CO[C@H](c2nc(-c3ccccc3)c(-c3ccccc3)[nH]2)OC1. The summed E-state index contributed by atoms with van der Waals surface area (Å²) >= 11 is 0. The van der Waals surface area contributed by atoms with Crippen LogP contribution >= 0.6 is 0 Å². The Hall–Kier alpha value is -2.47. The molecule has 0 bridgehead atoms. The van der Waals surface area contributed by atoms with E-state index in [2.05, 4.69) is 36.2 Å². The zero-order valence-corrected chi connectivity index (χ0v) is 15.6. The van der Waals surface area contributed by atoms with Gasteiger partial charge in [0.2, 0.25) is 6.29 Å². The molecule has 0 saturated carbocycles. The van der Waals surface area contributed by atoms with Crippen molar-refractivity contribution in [3.8, 4) is 22.5 Å². The summed E-state index contributed by atoms with van der Waals surface area (Å²) in [5.74, 6) is 0.687. The van der Waals surface area contributed by atoms with Crippen molar-refractivity contribution in [3.05, 3.63) is 66.5 Å². The third kappa shape index (κ3) is 3.81. The van der Waals surface area contributed by atoms with Crippen molar-refractivity contribution in [2.75, 3.05) is 26.9 Å². The predicted octanol–water partition coefficient (Wildman–Crippen LogP) is 4.44. The summed E-state index contributed by atoms with van der Waals surface area (Å²) in [4.78, 5) is 8.27. The molecule has 2 aromatic carbocycles. The highest BCUT2D eigenvalue weighted by atomic mass is 16.7. The molecule has 2 heterocycles. The van der Waals surface area contributed by atoms with Gasteiger partial charge in [0.1, 0.15) is 0 Å². The first-order valence-electron chi connectivity index (χ1n) is 9.11. The molecule has 27 heavy (non-hydrogen) atoms. The predicted molar refractivity (Wildman–Crippen MR) is 104 cm³/mol. The van der Waals surface area contributed by atoms with Crippen LogP contribution in [0.2, 0.25) is 0 Å². The number of hydrogen-bond acceptors (Lipinski definition) is 4. The van der Waals surface area contributed by atoms with Gasteiger partial charge in [0, 0.05) is 23.7 Å². The third-order valence-corrected chi connectivity index (χ3v) is 4.71. The molecule has 1 saturated heterocycles. The molecule has 0 radical (unpaired) electrons. The summed E-state index contributed by atoms with van der Waals surface area (Å²) in [6, 6.07) is 20.3. The van der Waals surface area contributed by atoms with Gasteiger partial charge >= 0.3 is 0 Å². The van der Waals surface area contributed by atoms with Gasteiger partial charge in [0.05, 0.1) is 31.2 Å². The average Bonchev–Trinajstić information content (AvgIpc) is 3.15. The number of aromatic amines is 1. The van der Waals surface area contributed by atoms with Crippen LogP contribution in [0.3, 0.4) is 0 Å². The van der Waals surface area contributed by atoms with Gasteiger partial charge in [-0.1, -0.05) is 67.6 Å². The number of nitrogens with one attached hydrogen (secondary N) is 1. The van der Waals surface area contributed by atoms with Crippen LogP contribution in [0.1, 0.15) is 19.0 Å². The van der Waals surface area contributed by atoms with Gasteiger partial charge in [-0.2, -0.15) is 0 Å². The molecule has 1 N–H and O–H groups in total. The van der Waals surface area contributed by atoms with E-state index in [0.29, 0.717) is 25.6 Å². The van der Waals surface area contributed by atoms with E-state index in [0.717, 1.165) is 22.5 Å². The summed E-state index contributed by atoms with van der Waals surface area (Å²) in [6.45, 7) is 3.82. The van der Waals surface area contributed by atoms with Gasteiger partial charge in [-0.15, -0.1) is 0 Å². The molecular formula is C22H24N2O3. The zero-order chi connectivity index (χ0) is 18.7. The number of hydrogen-bond donors (Lipinski definition) is 1. The lowest BCUT2D eigenvalue weighted by Crippen LogP contribution is -2.39. The number of H-pyrrole nitrogens is 1. The minimum Gasteiger partial charge on any atom is -0.384 e. The molecule has 1 aromatic heterocycles. The summed E-state index contributed by atoms with van der Waals surface area (Å²) in [6.07, 6.45) is -0.505. The number of ether oxygens (including phenoxy) is 3. The molecule has 5 heteroatoms. The second kappa shape index (κ2) is 7.64. The third-order valence-electron chi connectivity index (χ3n) is 4.71. The lowest BCUT2D eigenvalue weighted by molar-refractivity contribution is -0.241. The first-order valence-corrected chi connectivity index (χ1v) is 9.11. The molecule has 0 unspecified atom stereocenters. The van der Waals surface area contributed by atoms with Crippen molar-refractivity contribution in [2.24, 2.45) is 5.41 Å². The standard InChI is InChI=1S/C22H24N2O3/c1-22(13-25-2)14-26-21(27-15-22)20-23-18(16-9-5-3-6-10-16)19(24-20)17-11-7-4-8-12-17/h3-12,21H,13-15H2,1-2H3,(H,23,24)/t21-,22+. The Morgan fingerprint density at radius 2 is 1.59 bits per heavy atom. The van der Waals surface area contributed by atoms with Gasteiger partial charge in [-0.25, -0.2) is 4.98 Å². The molecule has 0 aliphatic carbocycles. The number of nitrogens with zero attached hydrogens (tertiary/aromatic N) is 1. The Bertz CT molecular complexity index is 812. The lowest BCUT2D eigenvalue weighted by atomic mass is 9.93. The van der Waals surface area contributed by atoms with Crippen molar-refractivity contribution >= 4 is 0 Å². The van der Waals surface area contributed by atoms with Gasteiger partial charge in [0.15, 0.2) is 5.82 Å². The number of imidazole rings is 1.